The Labute approximate surface area is 111 Å². The van der Waals surface area contributed by atoms with Gasteiger partial charge in [0.2, 0.25) is 0 Å². The summed E-state index contributed by atoms with van der Waals surface area (Å²) in [7, 11) is 0. The molecule has 1 heterocycles. The van der Waals surface area contributed by atoms with E-state index in [1.807, 2.05) is 13.0 Å². The van der Waals surface area contributed by atoms with E-state index < -0.39 is 0 Å². The van der Waals surface area contributed by atoms with Crippen LogP contribution in [0, 0.1) is 0 Å². The first kappa shape index (κ1) is 11.8. The van der Waals surface area contributed by atoms with E-state index in [1.54, 1.807) is 0 Å². The van der Waals surface area contributed by atoms with E-state index in [0.717, 1.165) is 47.5 Å². The van der Waals surface area contributed by atoms with Crippen LogP contribution in [0.1, 0.15) is 36.6 Å². The summed E-state index contributed by atoms with van der Waals surface area (Å²) in [5.74, 6) is 10.8. The fraction of sp³-hybridized carbons (Fsp3) is 0.286. The molecule has 0 saturated carbocycles. The normalized spacial score (nSPS) is 17.9. The second kappa shape index (κ2) is 4.42. The predicted molar refractivity (Wildman–Crippen MR) is 78.4 cm³/mol. The number of aryl methyl sites for hydroxylation is 1. The number of rotatable bonds is 1. The highest BCUT2D eigenvalue weighted by atomic mass is 15.1. The summed E-state index contributed by atoms with van der Waals surface area (Å²) < 4.78 is 0. The number of aromatic amines is 1. The van der Waals surface area contributed by atoms with E-state index in [9.17, 15) is 0 Å². The number of hydrogen-bond donors (Lipinski definition) is 3. The molecule has 3 rings (SSSR count). The summed E-state index contributed by atoms with van der Waals surface area (Å²) in [6, 6.07) is 6.22. The third-order valence-electron chi connectivity index (χ3n) is 3.80. The minimum Gasteiger partial charge on any atom is -0.353 e. The first-order chi connectivity index (χ1) is 9.24. The molecule has 0 unspecified atom stereocenters. The average Bonchev–Trinajstić information content (AvgIpc) is 2.84. The van der Waals surface area contributed by atoms with Gasteiger partial charge in [-0.25, -0.2) is 0 Å². The van der Waals surface area contributed by atoms with Gasteiger partial charge >= 0.3 is 0 Å². The van der Waals surface area contributed by atoms with Crippen LogP contribution in [0.5, 0.6) is 0 Å². The first-order valence-corrected chi connectivity index (χ1v) is 6.41. The van der Waals surface area contributed by atoms with Crippen molar-refractivity contribution in [2.24, 2.45) is 21.9 Å². The maximum absolute atomic E-state index is 5.47. The number of H-pyrrole nitrogens is 1. The van der Waals surface area contributed by atoms with Gasteiger partial charge in [0.15, 0.2) is 0 Å². The Morgan fingerprint density at radius 2 is 2.11 bits per heavy atom. The second-order valence-corrected chi connectivity index (χ2v) is 4.88. The van der Waals surface area contributed by atoms with Crippen molar-refractivity contribution in [3.8, 4) is 0 Å². The Morgan fingerprint density at radius 1 is 1.26 bits per heavy atom. The molecule has 0 saturated heterocycles. The number of fused-ring (bicyclic) bond motifs is 3. The van der Waals surface area contributed by atoms with E-state index in [1.165, 1.54) is 10.9 Å². The number of benzene rings is 1. The summed E-state index contributed by atoms with van der Waals surface area (Å²) in [6.45, 7) is 1.91. The molecular formula is C14H17N5. The number of hydrazone groups is 2. The van der Waals surface area contributed by atoms with Gasteiger partial charge in [0, 0.05) is 10.9 Å². The largest absolute Gasteiger partial charge is 0.353 e. The highest BCUT2D eigenvalue weighted by Crippen LogP contribution is 2.30. The fourth-order valence-electron chi connectivity index (χ4n) is 2.74. The van der Waals surface area contributed by atoms with Crippen molar-refractivity contribution in [2.45, 2.75) is 26.2 Å². The molecule has 5 nitrogen and oxygen atoms in total. The quantitative estimate of drug-likeness (QED) is 0.412. The topological polar surface area (TPSA) is 92.5 Å². The Hall–Kier alpha value is -2.30. The van der Waals surface area contributed by atoms with E-state index in [-0.39, 0.29) is 0 Å². The Bertz CT molecular complexity index is 693. The lowest BCUT2D eigenvalue weighted by molar-refractivity contribution is 0.837. The SMILES string of the molecule is CC(=NN)c1ccc2[nH]c3c(c2c1)CCC/C3=N\N. The second-order valence-electron chi connectivity index (χ2n) is 4.88. The van der Waals surface area contributed by atoms with Crippen LogP contribution < -0.4 is 11.7 Å². The zero-order valence-corrected chi connectivity index (χ0v) is 10.9. The molecule has 0 fully saturated rings. The van der Waals surface area contributed by atoms with Crippen molar-refractivity contribution in [2.75, 3.05) is 0 Å². The molecule has 1 aliphatic rings. The maximum atomic E-state index is 5.47. The van der Waals surface area contributed by atoms with E-state index in [0.29, 0.717) is 0 Å². The van der Waals surface area contributed by atoms with Crippen molar-refractivity contribution >= 4 is 22.3 Å². The van der Waals surface area contributed by atoms with Gasteiger partial charge in [-0.15, -0.1) is 0 Å². The van der Waals surface area contributed by atoms with Crippen LogP contribution in [0.15, 0.2) is 28.4 Å². The third-order valence-corrected chi connectivity index (χ3v) is 3.80. The van der Waals surface area contributed by atoms with Crippen LogP contribution in [0.3, 0.4) is 0 Å². The van der Waals surface area contributed by atoms with Crippen LogP contribution in [0.4, 0.5) is 0 Å². The van der Waals surface area contributed by atoms with Gasteiger partial charge in [-0.3, -0.25) is 0 Å². The van der Waals surface area contributed by atoms with E-state index in [4.69, 9.17) is 11.7 Å². The summed E-state index contributed by atoms with van der Waals surface area (Å²) in [5, 5.41) is 8.87. The molecule has 2 aromatic rings. The third kappa shape index (κ3) is 1.78. The smallest absolute Gasteiger partial charge is 0.0837 e. The van der Waals surface area contributed by atoms with Crippen molar-refractivity contribution in [3.05, 3.63) is 35.0 Å². The Morgan fingerprint density at radius 3 is 2.84 bits per heavy atom. The van der Waals surface area contributed by atoms with Crippen molar-refractivity contribution in [1.82, 2.24) is 4.98 Å². The molecule has 0 atom stereocenters. The van der Waals surface area contributed by atoms with E-state index >= 15 is 0 Å². The van der Waals surface area contributed by atoms with Gasteiger partial charge in [0.05, 0.1) is 17.1 Å². The average molecular weight is 255 g/mol. The zero-order valence-electron chi connectivity index (χ0n) is 10.9. The van der Waals surface area contributed by atoms with Gasteiger partial charge in [0.25, 0.3) is 0 Å². The summed E-state index contributed by atoms with van der Waals surface area (Å²) in [5.41, 5.74) is 6.35. The van der Waals surface area contributed by atoms with Crippen molar-refractivity contribution in [3.63, 3.8) is 0 Å². The molecule has 1 aromatic carbocycles. The Balaban J connectivity index is 2.24. The van der Waals surface area contributed by atoms with Crippen LogP contribution in [-0.2, 0) is 6.42 Å². The highest BCUT2D eigenvalue weighted by Gasteiger charge is 2.20. The molecule has 0 spiro atoms. The molecule has 0 aliphatic heterocycles. The lowest BCUT2D eigenvalue weighted by atomic mass is 9.93. The van der Waals surface area contributed by atoms with Crippen molar-refractivity contribution < 1.29 is 0 Å². The van der Waals surface area contributed by atoms with Gasteiger partial charge in [-0.2, -0.15) is 10.2 Å². The van der Waals surface area contributed by atoms with Gasteiger partial charge < -0.3 is 16.7 Å². The molecule has 0 radical (unpaired) electrons. The van der Waals surface area contributed by atoms with Gasteiger partial charge in [-0.1, -0.05) is 6.07 Å². The number of nitrogens with one attached hydrogen (secondary N) is 1. The van der Waals surface area contributed by atoms with Crippen LogP contribution in [-0.4, -0.2) is 16.4 Å². The lowest BCUT2D eigenvalue weighted by Gasteiger charge is -2.12. The predicted octanol–water partition coefficient (Wildman–Crippen LogP) is 1.85. The molecule has 5 heteroatoms. The first-order valence-electron chi connectivity index (χ1n) is 6.41. The summed E-state index contributed by atoms with van der Waals surface area (Å²) >= 11 is 0. The van der Waals surface area contributed by atoms with Crippen molar-refractivity contribution in [1.29, 1.82) is 0 Å². The molecule has 5 N–H and O–H groups in total. The number of nitrogens with two attached hydrogens (primary N) is 2. The maximum Gasteiger partial charge on any atom is 0.0837 e. The molecular weight excluding hydrogens is 238 g/mol. The molecule has 0 bridgehead atoms. The highest BCUT2D eigenvalue weighted by molar-refractivity contribution is 6.08. The number of nitrogens with zero attached hydrogens (tertiary/aromatic N) is 2. The minimum absolute atomic E-state index is 0.834. The lowest BCUT2D eigenvalue weighted by Crippen LogP contribution is -2.13. The zero-order chi connectivity index (χ0) is 13.4. The molecule has 1 aromatic heterocycles. The molecule has 98 valence electrons. The summed E-state index contributed by atoms with van der Waals surface area (Å²) in [6.07, 6.45) is 3.08. The van der Waals surface area contributed by atoms with Crippen LogP contribution in [0.25, 0.3) is 10.9 Å². The van der Waals surface area contributed by atoms with E-state index in [2.05, 4.69) is 27.3 Å². The summed E-state index contributed by atoms with van der Waals surface area (Å²) in [4.78, 5) is 3.42. The van der Waals surface area contributed by atoms with Gasteiger partial charge in [0.1, 0.15) is 0 Å². The molecule has 1 aliphatic carbocycles. The minimum atomic E-state index is 0.834. The monoisotopic (exact) mass is 255 g/mol. The number of aromatic nitrogens is 1. The number of hydrogen-bond acceptors (Lipinski definition) is 4. The molecule has 19 heavy (non-hydrogen) atoms. The Kier molecular flexibility index (Phi) is 2.74. The standard InChI is InChI=1S/C14H17N5/c1-8(18-15)9-5-6-12-11(7-9)10-3-2-4-13(19-16)14(10)17-12/h5-7,17H,2-4,15-16H2,1H3/b18-8?,19-13+. The van der Waals surface area contributed by atoms with Gasteiger partial charge in [-0.05, 0) is 49.4 Å². The fourth-order valence-corrected chi connectivity index (χ4v) is 2.74. The van der Waals surface area contributed by atoms with Crippen LogP contribution in [0.2, 0.25) is 0 Å². The molecule has 0 amide bonds. The van der Waals surface area contributed by atoms with Crippen LogP contribution >= 0.6 is 0 Å².